The largest absolute Gasteiger partial charge is 0.345 e. The van der Waals surface area contributed by atoms with Crippen LogP contribution in [0.4, 0.5) is 10.6 Å². The van der Waals surface area contributed by atoms with Crippen molar-refractivity contribution >= 4 is 40.1 Å². The molecule has 3 aromatic carbocycles. The molecule has 4 amide bonds. The van der Waals surface area contributed by atoms with Gasteiger partial charge in [0.2, 0.25) is 11.8 Å². The Morgan fingerprint density at radius 1 is 0.933 bits per heavy atom. The lowest BCUT2D eigenvalue weighted by molar-refractivity contribution is -0.120. The van der Waals surface area contributed by atoms with E-state index in [1.165, 1.54) is 11.1 Å². The minimum Gasteiger partial charge on any atom is -0.345 e. The van der Waals surface area contributed by atoms with Gasteiger partial charge in [-0.3, -0.25) is 29.4 Å². The number of amides is 4. The molecule has 4 aromatic heterocycles. The highest BCUT2D eigenvalue weighted by molar-refractivity contribution is 6.08. The average Bonchev–Trinajstić information content (AvgIpc) is 3.99. The van der Waals surface area contributed by atoms with Crippen LogP contribution in [0.25, 0.3) is 38.8 Å². The Balaban J connectivity index is 0.819. The molecule has 9 rings (SSSR count). The molecule has 15 heteroatoms. The van der Waals surface area contributed by atoms with Crippen molar-refractivity contribution in [2.75, 3.05) is 24.5 Å². The van der Waals surface area contributed by atoms with Crippen LogP contribution >= 0.6 is 0 Å². The smallest absolute Gasteiger partial charge is 0.329 e. The zero-order chi connectivity index (χ0) is 41.7. The van der Waals surface area contributed by atoms with Crippen LogP contribution in [-0.2, 0) is 30.3 Å². The topological polar surface area (TPSA) is 169 Å². The number of urea groups is 1. The number of fused-ring (bicyclic) bond motifs is 2. The van der Waals surface area contributed by atoms with Crippen molar-refractivity contribution in [3.8, 4) is 22.4 Å². The molecule has 0 bridgehead atoms. The first-order chi connectivity index (χ1) is 28.9. The highest BCUT2D eigenvalue weighted by Crippen LogP contribution is 2.35. The van der Waals surface area contributed by atoms with Gasteiger partial charge in [-0.25, -0.2) is 14.3 Å². The van der Waals surface area contributed by atoms with Crippen LogP contribution in [0.2, 0.25) is 0 Å². The van der Waals surface area contributed by atoms with E-state index >= 15 is 0 Å². The van der Waals surface area contributed by atoms with Gasteiger partial charge in [-0.2, -0.15) is 15.2 Å². The number of hydrogen-bond acceptors (Lipinski definition) is 10. The molecule has 2 aliphatic rings. The fraction of sp³-hybridized carbons (Fsp3) is 0.333. The summed E-state index contributed by atoms with van der Waals surface area (Å²) in [6.45, 7) is 11.4. The summed E-state index contributed by atoms with van der Waals surface area (Å²) in [5.41, 5.74) is 10.1. The summed E-state index contributed by atoms with van der Waals surface area (Å²) in [7, 11) is 1.90. The van der Waals surface area contributed by atoms with E-state index in [0.717, 1.165) is 82.4 Å². The lowest BCUT2D eigenvalue weighted by Gasteiger charge is -2.32. The summed E-state index contributed by atoms with van der Waals surface area (Å²) in [6.07, 6.45) is 6.00. The molecule has 2 N–H and O–H groups in total. The van der Waals surface area contributed by atoms with Gasteiger partial charge in [-0.1, -0.05) is 68.4 Å². The predicted octanol–water partition coefficient (Wildman–Crippen LogP) is 6.69. The third-order valence-corrected chi connectivity index (χ3v) is 11.7. The molecule has 0 spiro atoms. The molecule has 0 atom stereocenters. The van der Waals surface area contributed by atoms with Crippen LogP contribution in [0.3, 0.4) is 0 Å². The molecule has 0 unspecified atom stereocenters. The van der Waals surface area contributed by atoms with Gasteiger partial charge in [-0.05, 0) is 90.9 Å². The van der Waals surface area contributed by atoms with E-state index in [-0.39, 0.29) is 29.5 Å². The lowest BCUT2D eigenvalue weighted by Crippen LogP contribution is -2.49. The van der Waals surface area contributed by atoms with Crippen LogP contribution in [-0.4, -0.2) is 76.9 Å². The van der Waals surface area contributed by atoms with Gasteiger partial charge in [0.25, 0.3) is 11.7 Å². The maximum Gasteiger partial charge on any atom is 0.329 e. The highest BCUT2D eigenvalue weighted by atomic mass is 16.5. The molecule has 0 saturated carbocycles. The molecule has 0 aliphatic carbocycles. The Hall–Kier alpha value is -6.74. The van der Waals surface area contributed by atoms with Gasteiger partial charge in [-0.15, -0.1) is 0 Å². The summed E-state index contributed by atoms with van der Waals surface area (Å²) in [5, 5.41) is 19.2. The summed E-state index contributed by atoms with van der Waals surface area (Å²) in [5.74, 6) is 0.833. The van der Waals surface area contributed by atoms with Crippen molar-refractivity contribution in [1.82, 2.24) is 50.1 Å². The first-order valence-corrected chi connectivity index (χ1v) is 20.3. The number of imide groups is 1. The Kier molecular flexibility index (Phi) is 9.98. The molecule has 0 radical (unpaired) electrons. The van der Waals surface area contributed by atoms with E-state index in [9.17, 15) is 14.4 Å². The first kappa shape index (κ1) is 38.8. The SMILES string of the molecule is Cc1cc(-c2ncnn3cc(-c4ccc(CN5CCC(c6ccc7c(N8CCC(=O)NC8=O)nn(C)c7c6)CC5)cc4)cc23)ccc1CNC(=O)c1noc(C(C)(C)C)n1. The predicted molar refractivity (Wildman–Crippen MR) is 226 cm³/mol. The second-order valence-electron chi connectivity index (χ2n) is 16.9. The lowest BCUT2D eigenvalue weighted by atomic mass is 9.88. The van der Waals surface area contributed by atoms with Crippen molar-refractivity contribution in [1.29, 1.82) is 0 Å². The van der Waals surface area contributed by atoms with E-state index in [4.69, 9.17) is 4.52 Å². The Morgan fingerprint density at radius 2 is 1.72 bits per heavy atom. The number of benzene rings is 3. The van der Waals surface area contributed by atoms with Crippen LogP contribution in [0.15, 0.2) is 83.8 Å². The molecule has 2 aliphatic heterocycles. The normalized spacial score (nSPS) is 15.6. The number of piperidine rings is 1. The molecule has 60 heavy (non-hydrogen) atoms. The van der Waals surface area contributed by atoms with Crippen molar-refractivity contribution in [3.63, 3.8) is 0 Å². The van der Waals surface area contributed by atoms with Gasteiger partial charge in [0.1, 0.15) is 6.33 Å². The standard InChI is InChI=1S/C45H47N11O4/c1-27-20-32(10-11-33(27)23-46-42(58)40-50-43(60-52-40)45(2,3)4)39-37-22-34(25-56(37)48-26-47-39)29-8-6-28(7-9-29)24-54-17-14-30(15-18-54)31-12-13-35-36(21-31)53(5)51-41(35)55-19-16-38(57)49-44(55)59/h6-13,20-22,25-26,30H,14-19,23-24H2,1-5H3,(H,46,58)(H,49,57,59). The Bertz CT molecular complexity index is 2770. The monoisotopic (exact) mass is 805 g/mol. The van der Waals surface area contributed by atoms with Crippen LogP contribution in [0, 0.1) is 6.92 Å². The molecule has 2 saturated heterocycles. The highest BCUT2D eigenvalue weighted by Gasteiger charge is 2.29. The van der Waals surface area contributed by atoms with Gasteiger partial charge < -0.3 is 9.84 Å². The second kappa shape index (κ2) is 15.5. The van der Waals surface area contributed by atoms with Crippen molar-refractivity contribution in [2.24, 2.45) is 7.05 Å². The number of hydrogen-bond donors (Lipinski definition) is 2. The molecule has 7 aromatic rings. The van der Waals surface area contributed by atoms with Crippen molar-refractivity contribution < 1.29 is 18.9 Å². The maximum atomic E-state index is 12.7. The molecule has 6 heterocycles. The fourth-order valence-corrected chi connectivity index (χ4v) is 8.19. The summed E-state index contributed by atoms with van der Waals surface area (Å²) >= 11 is 0. The van der Waals surface area contributed by atoms with E-state index in [1.807, 2.05) is 62.3 Å². The summed E-state index contributed by atoms with van der Waals surface area (Å²) in [6, 6.07) is 23.1. The average molecular weight is 806 g/mol. The Morgan fingerprint density at radius 3 is 2.45 bits per heavy atom. The number of carbonyl (C=O) groups excluding carboxylic acids is 3. The minimum atomic E-state index is -0.422. The summed E-state index contributed by atoms with van der Waals surface area (Å²) < 4.78 is 8.98. The molecule has 2 fully saturated rings. The number of aromatic nitrogens is 7. The van der Waals surface area contributed by atoms with E-state index < -0.39 is 6.03 Å². The number of nitrogens with one attached hydrogen (secondary N) is 2. The first-order valence-electron chi connectivity index (χ1n) is 20.3. The molecular weight excluding hydrogens is 759 g/mol. The van der Waals surface area contributed by atoms with Crippen LogP contribution < -0.4 is 15.5 Å². The minimum absolute atomic E-state index is 0.0227. The van der Waals surface area contributed by atoms with Gasteiger partial charge in [0.15, 0.2) is 5.82 Å². The van der Waals surface area contributed by atoms with Crippen molar-refractivity contribution in [2.45, 2.75) is 71.4 Å². The quantitative estimate of drug-likeness (QED) is 0.160. The van der Waals surface area contributed by atoms with E-state index in [2.05, 4.69) is 95.5 Å². The summed E-state index contributed by atoms with van der Waals surface area (Å²) in [4.78, 5) is 49.9. The third-order valence-electron chi connectivity index (χ3n) is 11.7. The van der Waals surface area contributed by atoms with Gasteiger partial charge >= 0.3 is 6.03 Å². The zero-order valence-electron chi connectivity index (χ0n) is 34.4. The van der Waals surface area contributed by atoms with Crippen LogP contribution in [0.5, 0.6) is 0 Å². The number of likely N-dealkylation sites (tertiary alicyclic amines) is 1. The molecular formula is C45H47N11O4. The fourth-order valence-electron chi connectivity index (χ4n) is 8.19. The number of carbonyl (C=O) groups is 3. The van der Waals surface area contributed by atoms with Crippen molar-refractivity contribution in [3.05, 3.63) is 113 Å². The second-order valence-corrected chi connectivity index (χ2v) is 16.9. The van der Waals surface area contributed by atoms with Gasteiger partial charge in [0, 0.05) is 61.2 Å². The Labute approximate surface area is 346 Å². The van der Waals surface area contributed by atoms with Crippen LogP contribution in [0.1, 0.15) is 84.7 Å². The molecule has 15 nitrogen and oxygen atoms in total. The number of nitrogens with zero attached hydrogens (tertiary/aromatic N) is 9. The number of anilines is 1. The number of aryl methyl sites for hydroxylation is 2. The van der Waals surface area contributed by atoms with E-state index in [1.54, 1.807) is 11.2 Å². The third kappa shape index (κ3) is 7.63. The zero-order valence-corrected chi connectivity index (χ0v) is 34.4. The van der Waals surface area contributed by atoms with E-state index in [0.29, 0.717) is 30.7 Å². The van der Waals surface area contributed by atoms with Gasteiger partial charge in [0.05, 0.1) is 16.7 Å². The number of rotatable bonds is 9. The molecule has 306 valence electrons. The maximum absolute atomic E-state index is 12.7.